The minimum absolute atomic E-state index is 0.0330. The number of hydrogen-bond acceptors (Lipinski definition) is 5. The molecule has 0 aromatic heterocycles. The molecular formula is C27H35Cl2N3O5S. The molecule has 1 aliphatic carbocycles. The summed E-state index contributed by atoms with van der Waals surface area (Å²) in [4.78, 5) is 28.0. The smallest absolute Gasteiger partial charge is 0.242 e. The average molecular weight is 585 g/mol. The standard InChI is InChI=1S/C27H35Cl2N3O5S/c1-19(27(34)30-20-8-4-5-9-20)31(18-23-24(28)10-6-11-25(23)29)26(33)12-7-17-32(38(3,35)36)21-13-15-22(37-2)16-14-21/h6,10-11,13-16,19-20H,4-5,7-9,12,17-18H2,1-3H3,(H,30,34)/t19-/m1/s1. The number of nitrogens with one attached hydrogen (secondary N) is 1. The molecule has 3 rings (SSSR count). The average Bonchev–Trinajstić information content (AvgIpc) is 3.38. The number of ether oxygens (including phenoxy) is 1. The summed E-state index contributed by atoms with van der Waals surface area (Å²) >= 11 is 12.8. The number of halogens is 2. The third-order valence-corrected chi connectivity index (χ3v) is 8.67. The Balaban J connectivity index is 1.75. The molecule has 1 fully saturated rings. The maximum absolute atomic E-state index is 13.5. The highest BCUT2D eigenvalue weighted by atomic mass is 35.5. The predicted octanol–water partition coefficient (Wildman–Crippen LogP) is 5.02. The van der Waals surface area contributed by atoms with Gasteiger partial charge in [0.15, 0.2) is 0 Å². The summed E-state index contributed by atoms with van der Waals surface area (Å²) in [6.07, 6.45) is 5.41. The summed E-state index contributed by atoms with van der Waals surface area (Å²) in [6, 6.07) is 11.1. The number of anilines is 1. The van der Waals surface area contributed by atoms with E-state index in [0.29, 0.717) is 27.0 Å². The van der Waals surface area contributed by atoms with E-state index in [1.807, 2.05) is 0 Å². The lowest BCUT2D eigenvalue weighted by molar-refractivity contribution is -0.140. The van der Waals surface area contributed by atoms with Crippen molar-refractivity contribution < 1.29 is 22.7 Å². The van der Waals surface area contributed by atoms with Crippen LogP contribution in [0.5, 0.6) is 5.75 Å². The third-order valence-electron chi connectivity index (χ3n) is 6.77. The summed E-state index contributed by atoms with van der Waals surface area (Å²) < 4.78 is 31.4. The molecule has 1 atom stereocenters. The molecule has 11 heteroatoms. The van der Waals surface area contributed by atoms with E-state index in [4.69, 9.17) is 27.9 Å². The fraction of sp³-hybridized carbons (Fsp3) is 0.481. The van der Waals surface area contributed by atoms with Crippen LogP contribution in [0.4, 0.5) is 5.69 Å². The Morgan fingerprint density at radius 2 is 1.68 bits per heavy atom. The number of benzene rings is 2. The first-order valence-electron chi connectivity index (χ1n) is 12.7. The van der Waals surface area contributed by atoms with Gasteiger partial charge in [-0.3, -0.25) is 13.9 Å². The van der Waals surface area contributed by atoms with Gasteiger partial charge in [0.2, 0.25) is 21.8 Å². The second-order valence-electron chi connectivity index (χ2n) is 9.52. The molecule has 2 amide bonds. The molecule has 2 aromatic rings. The quantitative estimate of drug-likeness (QED) is 0.378. The summed E-state index contributed by atoms with van der Waals surface area (Å²) in [7, 11) is -2.06. The lowest BCUT2D eigenvalue weighted by Crippen LogP contribution is -2.49. The second kappa shape index (κ2) is 13.5. The van der Waals surface area contributed by atoms with Crippen LogP contribution in [0.3, 0.4) is 0 Å². The van der Waals surface area contributed by atoms with E-state index in [2.05, 4.69) is 5.32 Å². The molecule has 38 heavy (non-hydrogen) atoms. The summed E-state index contributed by atoms with van der Waals surface area (Å²) in [5.74, 6) is 0.0822. The highest BCUT2D eigenvalue weighted by Crippen LogP contribution is 2.28. The maximum Gasteiger partial charge on any atom is 0.242 e. The number of carbonyl (C=O) groups excluding carboxylic acids is 2. The molecule has 0 aliphatic heterocycles. The van der Waals surface area contributed by atoms with Gasteiger partial charge in [0, 0.05) is 41.2 Å². The molecule has 0 unspecified atom stereocenters. The second-order valence-corrected chi connectivity index (χ2v) is 12.2. The monoisotopic (exact) mass is 583 g/mol. The first-order chi connectivity index (χ1) is 18.0. The normalized spacial score (nSPS) is 14.7. The van der Waals surface area contributed by atoms with Crippen molar-refractivity contribution in [2.24, 2.45) is 0 Å². The van der Waals surface area contributed by atoms with Gasteiger partial charge in [-0.25, -0.2) is 8.42 Å². The number of rotatable bonds is 12. The minimum atomic E-state index is -3.59. The lowest BCUT2D eigenvalue weighted by atomic mass is 10.1. The number of hydrogen-bond donors (Lipinski definition) is 1. The van der Waals surface area contributed by atoms with E-state index >= 15 is 0 Å². The highest BCUT2D eigenvalue weighted by molar-refractivity contribution is 7.92. The number of nitrogens with zero attached hydrogens (tertiary/aromatic N) is 2. The topological polar surface area (TPSA) is 96.0 Å². The largest absolute Gasteiger partial charge is 0.497 e. The zero-order valence-electron chi connectivity index (χ0n) is 22.0. The number of carbonyl (C=O) groups is 2. The number of amides is 2. The van der Waals surface area contributed by atoms with Crippen LogP contribution in [0.15, 0.2) is 42.5 Å². The van der Waals surface area contributed by atoms with Crippen LogP contribution in [0.2, 0.25) is 10.0 Å². The molecule has 8 nitrogen and oxygen atoms in total. The van der Waals surface area contributed by atoms with Crippen LogP contribution < -0.4 is 14.4 Å². The van der Waals surface area contributed by atoms with Crippen molar-refractivity contribution in [1.82, 2.24) is 10.2 Å². The van der Waals surface area contributed by atoms with Crippen molar-refractivity contribution in [3.63, 3.8) is 0 Å². The SMILES string of the molecule is COc1ccc(N(CCCC(=O)N(Cc2c(Cl)cccc2Cl)[C@H](C)C(=O)NC2CCCC2)S(C)(=O)=O)cc1. The Labute approximate surface area is 235 Å². The van der Waals surface area contributed by atoms with Crippen molar-refractivity contribution in [2.75, 3.05) is 24.2 Å². The molecule has 0 saturated heterocycles. The molecule has 0 bridgehead atoms. The predicted molar refractivity (Wildman–Crippen MR) is 151 cm³/mol. The van der Waals surface area contributed by atoms with Crippen LogP contribution in [0.1, 0.15) is 51.0 Å². The zero-order valence-corrected chi connectivity index (χ0v) is 24.3. The molecule has 2 aromatic carbocycles. The van der Waals surface area contributed by atoms with Crippen LogP contribution in [0.25, 0.3) is 0 Å². The summed E-state index contributed by atoms with van der Waals surface area (Å²) in [5, 5.41) is 3.87. The molecule has 1 N–H and O–H groups in total. The van der Waals surface area contributed by atoms with Crippen LogP contribution in [0, 0.1) is 0 Å². The fourth-order valence-corrected chi connectivity index (χ4v) is 6.06. The molecule has 0 heterocycles. The Hall–Kier alpha value is -2.49. The van der Waals surface area contributed by atoms with Gasteiger partial charge in [0.05, 0.1) is 19.1 Å². The molecule has 0 radical (unpaired) electrons. The van der Waals surface area contributed by atoms with E-state index in [1.54, 1.807) is 49.4 Å². The fourth-order valence-electron chi connectivity index (χ4n) is 4.58. The van der Waals surface area contributed by atoms with Crippen LogP contribution >= 0.6 is 23.2 Å². The van der Waals surface area contributed by atoms with E-state index in [1.165, 1.54) is 16.3 Å². The summed E-state index contributed by atoms with van der Waals surface area (Å²) in [6.45, 7) is 1.85. The van der Waals surface area contributed by atoms with Crippen LogP contribution in [-0.2, 0) is 26.2 Å². The van der Waals surface area contributed by atoms with Gasteiger partial charge in [-0.2, -0.15) is 0 Å². The molecular weight excluding hydrogens is 549 g/mol. The Kier molecular flexibility index (Phi) is 10.7. The Bertz CT molecular complexity index is 1200. The van der Waals surface area contributed by atoms with Crippen LogP contribution in [-0.4, -0.2) is 57.1 Å². The Morgan fingerprint density at radius 1 is 1.08 bits per heavy atom. The van der Waals surface area contributed by atoms with Crippen molar-refractivity contribution >= 4 is 50.7 Å². The van der Waals surface area contributed by atoms with Gasteiger partial charge in [0.1, 0.15) is 11.8 Å². The summed E-state index contributed by atoms with van der Waals surface area (Å²) in [5.41, 5.74) is 1.03. The van der Waals surface area contributed by atoms with E-state index in [-0.39, 0.29) is 43.8 Å². The van der Waals surface area contributed by atoms with E-state index in [9.17, 15) is 18.0 Å². The van der Waals surface area contributed by atoms with Gasteiger partial charge < -0.3 is 15.0 Å². The van der Waals surface area contributed by atoms with Gasteiger partial charge in [0.25, 0.3) is 0 Å². The van der Waals surface area contributed by atoms with E-state index < -0.39 is 16.1 Å². The van der Waals surface area contributed by atoms with Gasteiger partial charge >= 0.3 is 0 Å². The van der Waals surface area contributed by atoms with Gasteiger partial charge in [-0.15, -0.1) is 0 Å². The molecule has 208 valence electrons. The molecule has 0 spiro atoms. The van der Waals surface area contributed by atoms with Crippen molar-refractivity contribution in [3.8, 4) is 5.75 Å². The van der Waals surface area contributed by atoms with Crippen molar-refractivity contribution in [1.29, 1.82) is 0 Å². The zero-order chi connectivity index (χ0) is 27.9. The minimum Gasteiger partial charge on any atom is -0.497 e. The Morgan fingerprint density at radius 3 is 2.24 bits per heavy atom. The third kappa shape index (κ3) is 8.01. The first kappa shape index (κ1) is 30.1. The molecule has 1 saturated carbocycles. The number of methoxy groups -OCH3 is 1. The van der Waals surface area contributed by atoms with Gasteiger partial charge in [-0.1, -0.05) is 42.1 Å². The highest BCUT2D eigenvalue weighted by Gasteiger charge is 2.29. The van der Waals surface area contributed by atoms with E-state index in [0.717, 1.165) is 31.9 Å². The van der Waals surface area contributed by atoms with Crippen molar-refractivity contribution in [2.45, 2.75) is 64.1 Å². The first-order valence-corrected chi connectivity index (χ1v) is 15.3. The van der Waals surface area contributed by atoms with Crippen molar-refractivity contribution in [3.05, 3.63) is 58.1 Å². The van der Waals surface area contributed by atoms with Gasteiger partial charge in [-0.05, 0) is 62.6 Å². The molecule has 1 aliphatic rings. The number of sulfonamides is 1. The maximum atomic E-state index is 13.5. The lowest BCUT2D eigenvalue weighted by Gasteiger charge is -2.30.